The zero-order valence-corrected chi connectivity index (χ0v) is 20.5. The highest BCUT2D eigenvalue weighted by atomic mass is 35.5. The first kappa shape index (κ1) is 23.7. The summed E-state index contributed by atoms with van der Waals surface area (Å²) in [7, 11) is 1.64. The molecule has 1 N–H and O–H groups in total. The van der Waals surface area contributed by atoms with Crippen molar-refractivity contribution in [2.45, 2.75) is 13.8 Å². The lowest BCUT2D eigenvalue weighted by atomic mass is 9.98. The maximum Gasteiger partial charge on any atom is 0.248 e. The van der Waals surface area contributed by atoms with E-state index < -0.39 is 0 Å². The Morgan fingerprint density at radius 3 is 2.59 bits per heavy atom. The van der Waals surface area contributed by atoms with Crippen molar-refractivity contribution in [2.75, 3.05) is 19.0 Å². The van der Waals surface area contributed by atoms with Crippen LogP contribution in [0.5, 0.6) is 11.5 Å². The minimum Gasteiger partial charge on any atom is -0.496 e. The third-order valence-electron chi connectivity index (χ3n) is 5.33. The van der Waals surface area contributed by atoms with Gasteiger partial charge in [0.05, 0.1) is 30.7 Å². The van der Waals surface area contributed by atoms with Crippen LogP contribution >= 0.6 is 23.2 Å². The summed E-state index contributed by atoms with van der Waals surface area (Å²) in [5.41, 5.74) is 4.47. The van der Waals surface area contributed by atoms with Crippen molar-refractivity contribution in [3.05, 3.63) is 82.5 Å². The van der Waals surface area contributed by atoms with Crippen molar-refractivity contribution in [3.8, 4) is 22.6 Å². The minimum absolute atomic E-state index is 0.318. The Bertz CT molecular complexity index is 1390. The van der Waals surface area contributed by atoms with Gasteiger partial charge in [-0.2, -0.15) is 0 Å². The number of hydrogen-bond acceptors (Lipinski definition) is 4. The van der Waals surface area contributed by atoms with Gasteiger partial charge in [0.25, 0.3) is 0 Å². The van der Waals surface area contributed by atoms with Gasteiger partial charge in [0.15, 0.2) is 0 Å². The van der Waals surface area contributed by atoms with E-state index in [4.69, 9.17) is 37.1 Å². The lowest BCUT2D eigenvalue weighted by Gasteiger charge is -2.12. The number of nitrogens with one attached hydrogen (secondary N) is 1. The smallest absolute Gasteiger partial charge is 0.248 e. The molecule has 0 radical (unpaired) electrons. The Labute approximate surface area is 207 Å². The van der Waals surface area contributed by atoms with Gasteiger partial charge in [-0.25, -0.2) is 0 Å². The predicted octanol–water partition coefficient (Wildman–Crippen LogP) is 7.86. The molecule has 0 saturated carbocycles. The fourth-order valence-corrected chi connectivity index (χ4v) is 4.20. The van der Waals surface area contributed by atoms with Gasteiger partial charge >= 0.3 is 0 Å². The molecule has 34 heavy (non-hydrogen) atoms. The molecule has 0 bridgehead atoms. The average Bonchev–Trinajstić information content (AvgIpc) is 3.23. The summed E-state index contributed by atoms with van der Waals surface area (Å²) in [5.74, 6) is 1.05. The largest absolute Gasteiger partial charge is 0.496 e. The molecule has 4 rings (SSSR count). The number of furan rings is 1. The molecule has 0 aliphatic carbocycles. The third-order valence-corrected chi connectivity index (χ3v) is 5.88. The van der Waals surface area contributed by atoms with E-state index in [0.29, 0.717) is 33.7 Å². The predicted molar refractivity (Wildman–Crippen MR) is 138 cm³/mol. The Kier molecular flexibility index (Phi) is 7.15. The number of benzene rings is 3. The molecule has 1 aromatic heterocycles. The molecule has 5 nitrogen and oxygen atoms in total. The van der Waals surface area contributed by atoms with Crippen molar-refractivity contribution in [1.29, 1.82) is 0 Å². The van der Waals surface area contributed by atoms with Gasteiger partial charge in [-0.15, -0.1) is 0 Å². The van der Waals surface area contributed by atoms with Crippen LogP contribution in [0.4, 0.5) is 5.69 Å². The fraction of sp³-hybridized carbons (Fsp3) is 0.148. The number of rotatable bonds is 7. The number of methoxy groups -OCH3 is 1. The molecular formula is C27H23Cl2NO4. The van der Waals surface area contributed by atoms with E-state index in [2.05, 4.69) is 5.32 Å². The van der Waals surface area contributed by atoms with Gasteiger partial charge < -0.3 is 19.2 Å². The van der Waals surface area contributed by atoms with Crippen molar-refractivity contribution in [3.63, 3.8) is 0 Å². The molecule has 0 unspecified atom stereocenters. The molecule has 0 fully saturated rings. The van der Waals surface area contributed by atoms with Crippen LogP contribution < -0.4 is 14.8 Å². The first-order valence-corrected chi connectivity index (χ1v) is 11.4. The molecule has 0 saturated heterocycles. The zero-order valence-electron chi connectivity index (χ0n) is 18.9. The minimum atomic E-state index is -0.318. The molecule has 1 heterocycles. The lowest BCUT2D eigenvalue weighted by molar-refractivity contribution is -0.111. The molecule has 7 heteroatoms. The number of hydrogen-bond donors (Lipinski definition) is 1. The molecule has 174 valence electrons. The number of halogens is 2. The molecular weight excluding hydrogens is 473 g/mol. The molecule has 3 aromatic carbocycles. The van der Waals surface area contributed by atoms with Crippen LogP contribution in [0.2, 0.25) is 10.0 Å². The molecule has 0 atom stereocenters. The number of carbonyl (C=O) groups excluding carboxylic acids is 1. The highest BCUT2D eigenvalue weighted by Crippen LogP contribution is 2.40. The molecule has 1 amide bonds. The maximum atomic E-state index is 12.7. The number of fused-ring (bicyclic) bond motifs is 1. The standard InChI is InChI=1S/C27H23Cl2NO4/c1-4-33-25-14-26-20(21(15-34-26)18-7-5-6-8-24(18)32-3)13-19(25)16(2)11-27(31)30-23-10-9-17(28)12-22(23)29/h5-15H,4H2,1-3H3,(H,30,31)/b16-11+. The number of anilines is 1. The van der Waals surface area contributed by atoms with Gasteiger partial charge in [-0.1, -0.05) is 41.4 Å². The quantitative estimate of drug-likeness (QED) is 0.265. The van der Waals surface area contributed by atoms with E-state index in [1.165, 1.54) is 6.08 Å². The molecule has 0 spiro atoms. The first-order chi connectivity index (χ1) is 16.4. The third kappa shape index (κ3) is 4.91. The van der Waals surface area contributed by atoms with Crippen LogP contribution in [0.1, 0.15) is 19.4 Å². The van der Waals surface area contributed by atoms with Crippen molar-refractivity contribution >= 4 is 51.3 Å². The van der Waals surface area contributed by atoms with Gasteiger partial charge in [-0.3, -0.25) is 4.79 Å². The molecule has 0 aliphatic heterocycles. The second kappa shape index (κ2) is 10.2. The van der Waals surface area contributed by atoms with E-state index in [1.807, 2.05) is 50.2 Å². The van der Waals surface area contributed by atoms with Crippen LogP contribution in [0.25, 0.3) is 27.7 Å². The SMILES string of the molecule is CCOc1cc2occ(-c3ccccc3OC)c2cc1/C(C)=C/C(=O)Nc1ccc(Cl)cc1Cl. The first-order valence-electron chi connectivity index (χ1n) is 10.7. The Morgan fingerprint density at radius 1 is 1.06 bits per heavy atom. The Hall–Kier alpha value is -3.41. The zero-order chi connectivity index (χ0) is 24.2. The van der Waals surface area contributed by atoms with Gasteiger partial charge in [0.2, 0.25) is 5.91 Å². The number of amides is 1. The van der Waals surface area contributed by atoms with E-state index in [0.717, 1.165) is 33.4 Å². The van der Waals surface area contributed by atoms with Crippen molar-refractivity contribution < 1.29 is 18.7 Å². The number of carbonyl (C=O) groups is 1. The summed E-state index contributed by atoms with van der Waals surface area (Å²) in [6, 6.07) is 16.5. The van der Waals surface area contributed by atoms with Crippen LogP contribution in [0.15, 0.2) is 71.4 Å². The number of ether oxygens (including phenoxy) is 2. The highest BCUT2D eigenvalue weighted by Gasteiger charge is 2.17. The second-order valence-corrected chi connectivity index (χ2v) is 8.41. The number of para-hydroxylation sites is 1. The topological polar surface area (TPSA) is 60.7 Å². The number of allylic oxidation sites excluding steroid dienone is 1. The van der Waals surface area contributed by atoms with Crippen molar-refractivity contribution in [1.82, 2.24) is 0 Å². The van der Waals surface area contributed by atoms with Crippen LogP contribution in [0, 0.1) is 0 Å². The van der Waals surface area contributed by atoms with Crippen LogP contribution in [0.3, 0.4) is 0 Å². The summed E-state index contributed by atoms with van der Waals surface area (Å²) in [5, 5.41) is 4.54. The van der Waals surface area contributed by atoms with E-state index >= 15 is 0 Å². The van der Waals surface area contributed by atoms with E-state index in [-0.39, 0.29) is 5.91 Å². The van der Waals surface area contributed by atoms with Gasteiger partial charge in [0, 0.05) is 39.2 Å². The monoisotopic (exact) mass is 495 g/mol. The molecule has 4 aromatic rings. The van der Waals surface area contributed by atoms with Gasteiger partial charge in [-0.05, 0) is 49.8 Å². The van der Waals surface area contributed by atoms with E-state index in [9.17, 15) is 4.79 Å². The maximum absolute atomic E-state index is 12.7. The summed E-state index contributed by atoms with van der Waals surface area (Å²) < 4.78 is 17.2. The van der Waals surface area contributed by atoms with E-state index in [1.54, 1.807) is 31.6 Å². The summed E-state index contributed by atoms with van der Waals surface area (Å²) in [4.78, 5) is 12.7. The average molecular weight is 496 g/mol. The highest BCUT2D eigenvalue weighted by molar-refractivity contribution is 6.36. The molecule has 0 aliphatic rings. The van der Waals surface area contributed by atoms with Crippen LogP contribution in [-0.4, -0.2) is 19.6 Å². The fourth-order valence-electron chi connectivity index (χ4n) is 3.75. The summed E-state index contributed by atoms with van der Waals surface area (Å²) >= 11 is 12.1. The summed E-state index contributed by atoms with van der Waals surface area (Å²) in [6.45, 7) is 4.23. The Morgan fingerprint density at radius 2 is 1.85 bits per heavy atom. The van der Waals surface area contributed by atoms with Crippen molar-refractivity contribution in [2.24, 2.45) is 0 Å². The summed E-state index contributed by atoms with van der Waals surface area (Å²) in [6.07, 6.45) is 3.22. The normalized spacial score (nSPS) is 11.5. The lowest BCUT2D eigenvalue weighted by Crippen LogP contribution is -2.09. The van der Waals surface area contributed by atoms with Crippen LogP contribution in [-0.2, 0) is 4.79 Å². The Balaban J connectivity index is 1.75. The van der Waals surface area contributed by atoms with Gasteiger partial charge in [0.1, 0.15) is 17.1 Å². The second-order valence-electron chi connectivity index (χ2n) is 7.57.